The Morgan fingerprint density at radius 2 is 2.05 bits per heavy atom. The van der Waals surface area contributed by atoms with Gasteiger partial charge in [-0.15, -0.1) is 0 Å². The highest BCUT2D eigenvalue weighted by Crippen LogP contribution is 2.13. The number of hydrogen-bond acceptors (Lipinski definition) is 4. The molecule has 5 heteroatoms. The van der Waals surface area contributed by atoms with E-state index in [1.807, 2.05) is 6.07 Å². The van der Waals surface area contributed by atoms with E-state index in [0.717, 1.165) is 5.76 Å². The van der Waals surface area contributed by atoms with Crippen LogP contribution in [-0.2, 0) is 11.3 Å². The van der Waals surface area contributed by atoms with E-state index in [1.165, 1.54) is 0 Å². The molecule has 1 heterocycles. The van der Waals surface area contributed by atoms with Gasteiger partial charge in [0.1, 0.15) is 11.5 Å². The van der Waals surface area contributed by atoms with Crippen LogP contribution in [0.25, 0.3) is 0 Å². The van der Waals surface area contributed by atoms with Gasteiger partial charge in [-0.3, -0.25) is 4.79 Å². The third kappa shape index (κ3) is 4.39. The quantitative estimate of drug-likeness (QED) is 0.778. The topological polar surface area (TPSA) is 77.5 Å². The Kier molecular flexibility index (Phi) is 4.44. The second-order valence-electron chi connectivity index (χ2n) is 4.02. The second kappa shape index (κ2) is 6.49. The number of nitrogens with two attached hydrogens (primary N) is 1. The van der Waals surface area contributed by atoms with Crippen molar-refractivity contribution in [3.8, 4) is 5.75 Å². The lowest BCUT2D eigenvalue weighted by molar-refractivity contribution is -0.121. The number of nitrogens with one attached hydrogen (secondary N) is 1. The first-order valence-corrected chi connectivity index (χ1v) is 6.01. The molecule has 100 valence electrons. The van der Waals surface area contributed by atoms with Crippen LogP contribution >= 0.6 is 0 Å². The number of amides is 1. The average Bonchev–Trinajstić information content (AvgIpc) is 2.92. The number of nitrogen functional groups attached to an aromatic ring is 1. The van der Waals surface area contributed by atoms with E-state index in [0.29, 0.717) is 31.0 Å². The summed E-state index contributed by atoms with van der Waals surface area (Å²) in [5, 5.41) is 2.75. The number of rotatable bonds is 6. The largest absolute Gasteiger partial charge is 0.493 e. The van der Waals surface area contributed by atoms with E-state index in [2.05, 4.69) is 5.32 Å². The monoisotopic (exact) mass is 260 g/mol. The van der Waals surface area contributed by atoms with Crippen LogP contribution in [0.15, 0.2) is 47.1 Å². The van der Waals surface area contributed by atoms with Crippen LogP contribution in [0.1, 0.15) is 12.2 Å². The summed E-state index contributed by atoms with van der Waals surface area (Å²) in [6.07, 6.45) is 1.87. The minimum atomic E-state index is -0.0770. The van der Waals surface area contributed by atoms with Gasteiger partial charge in [-0.25, -0.2) is 0 Å². The van der Waals surface area contributed by atoms with Gasteiger partial charge in [-0.1, -0.05) is 0 Å². The van der Waals surface area contributed by atoms with Gasteiger partial charge in [0.25, 0.3) is 0 Å². The van der Waals surface area contributed by atoms with Crippen LogP contribution in [0.2, 0.25) is 0 Å². The number of benzene rings is 1. The highest BCUT2D eigenvalue weighted by Gasteiger charge is 2.03. The fourth-order valence-corrected chi connectivity index (χ4v) is 1.51. The first-order chi connectivity index (χ1) is 9.24. The molecular formula is C14H16N2O3. The Bertz CT molecular complexity index is 506. The standard InChI is InChI=1S/C14H16N2O3/c15-11-3-5-12(6-4-11)19-9-7-14(17)16-10-13-2-1-8-18-13/h1-6,8H,7,9-10,15H2,(H,16,17). The Balaban J connectivity index is 1.65. The Hall–Kier alpha value is -2.43. The molecule has 1 amide bonds. The van der Waals surface area contributed by atoms with Crippen LogP contribution in [0.5, 0.6) is 5.75 Å². The second-order valence-corrected chi connectivity index (χ2v) is 4.02. The molecule has 0 saturated heterocycles. The molecule has 0 bridgehead atoms. The first-order valence-electron chi connectivity index (χ1n) is 6.01. The number of anilines is 1. The van der Waals surface area contributed by atoms with Crippen molar-refractivity contribution in [2.45, 2.75) is 13.0 Å². The van der Waals surface area contributed by atoms with Gasteiger partial charge in [0.2, 0.25) is 5.91 Å². The summed E-state index contributed by atoms with van der Waals surface area (Å²) in [6.45, 7) is 0.724. The smallest absolute Gasteiger partial charge is 0.223 e. The van der Waals surface area contributed by atoms with E-state index in [-0.39, 0.29) is 5.91 Å². The SMILES string of the molecule is Nc1ccc(OCCC(=O)NCc2ccco2)cc1. The van der Waals surface area contributed by atoms with Crippen molar-refractivity contribution < 1.29 is 13.9 Å². The van der Waals surface area contributed by atoms with Crippen LogP contribution in [0, 0.1) is 0 Å². The maximum absolute atomic E-state index is 11.5. The Labute approximate surface area is 111 Å². The molecule has 19 heavy (non-hydrogen) atoms. The summed E-state index contributed by atoms with van der Waals surface area (Å²) in [6, 6.07) is 10.7. The first kappa shape index (κ1) is 13.0. The lowest BCUT2D eigenvalue weighted by Gasteiger charge is -2.06. The molecular weight excluding hydrogens is 244 g/mol. The van der Waals surface area contributed by atoms with Gasteiger partial charge < -0.3 is 20.2 Å². The van der Waals surface area contributed by atoms with Crippen molar-refractivity contribution in [2.75, 3.05) is 12.3 Å². The van der Waals surface area contributed by atoms with Gasteiger partial charge in [0.05, 0.1) is 25.8 Å². The Morgan fingerprint density at radius 1 is 1.26 bits per heavy atom. The summed E-state index contributed by atoms with van der Waals surface area (Å²) in [5.74, 6) is 1.35. The van der Waals surface area contributed by atoms with Crippen molar-refractivity contribution in [2.24, 2.45) is 0 Å². The molecule has 0 radical (unpaired) electrons. The number of carbonyl (C=O) groups is 1. The molecule has 0 aliphatic heterocycles. The Morgan fingerprint density at radius 3 is 2.74 bits per heavy atom. The van der Waals surface area contributed by atoms with E-state index in [4.69, 9.17) is 14.9 Å². The highest BCUT2D eigenvalue weighted by molar-refractivity contribution is 5.75. The van der Waals surface area contributed by atoms with Crippen molar-refractivity contribution in [1.82, 2.24) is 5.32 Å². The third-order valence-electron chi connectivity index (χ3n) is 2.52. The van der Waals surface area contributed by atoms with E-state index in [1.54, 1.807) is 36.6 Å². The van der Waals surface area contributed by atoms with Crippen LogP contribution in [-0.4, -0.2) is 12.5 Å². The third-order valence-corrected chi connectivity index (χ3v) is 2.52. The van der Waals surface area contributed by atoms with E-state index >= 15 is 0 Å². The number of carbonyl (C=O) groups excluding carboxylic acids is 1. The summed E-state index contributed by atoms with van der Waals surface area (Å²) in [5.41, 5.74) is 6.24. The number of furan rings is 1. The van der Waals surface area contributed by atoms with Gasteiger partial charge >= 0.3 is 0 Å². The summed E-state index contributed by atoms with van der Waals surface area (Å²) in [4.78, 5) is 11.5. The molecule has 0 spiro atoms. The molecule has 0 unspecified atom stereocenters. The molecule has 2 rings (SSSR count). The van der Waals surface area contributed by atoms with Gasteiger partial charge in [0.15, 0.2) is 0 Å². The molecule has 1 aromatic carbocycles. The zero-order valence-corrected chi connectivity index (χ0v) is 10.5. The molecule has 0 aliphatic rings. The van der Waals surface area contributed by atoms with Crippen molar-refractivity contribution in [3.63, 3.8) is 0 Å². The normalized spacial score (nSPS) is 10.1. The van der Waals surface area contributed by atoms with Crippen molar-refractivity contribution in [1.29, 1.82) is 0 Å². The fraction of sp³-hybridized carbons (Fsp3) is 0.214. The lowest BCUT2D eigenvalue weighted by atomic mass is 10.3. The summed E-state index contributed by atoms with van der Waals surface area (Å²) < 4.78 is 10.5. The molecule has 5 nitrogen and oxygen atoms in total. The zero-order valence-electron chi connectivity index (χ0n) is 10.5. The molecule has 1 aromatic heterocycles. The maximum Gasteiger partial charge on any atom is 0.223 e. The number of ether oxygens (including phenoxy) is 1. The van der Waals surface area contributed by atoms with Crippen LogP contribution in [0.4, 0.5) is 5.69 Å². The van der Waals surface area contributed by atoms with E-state index in [9.17, 15) is 4.79 Å². The molecule has 0 atom stereocenters. The van der Waals surface area contributed by atoms with Gasteiger partial charge in [-0.05, 0) is 36.4 Å². The number of hydrogen-bond donors (Lipinski definition) is 2. The fourth-order valence-electron chi connectivity index (χ4n) is 1.51. The molecule has 0 fully saturated rings. The van der Waals surface area contributed by atoms with Crippen molar-refractivity contribution in [3.05, 3.63) is 48.4 Å². The average molecular weight is 260 g/mol. The summed E-state index contributed by atoms with van der Waals surface area (Å²) in [7, 11) is 0. The van der Waals surface area contributed by atoms with Gasteiger partial charge in [0, 0.05) is 5.69 Å². The summed E-state index contributed by atoms with van der Waals surface area (Å²) >= 11 is 0. The van der Waals surface area contributed by atoms with E-state index < -0.39 is 0 Å². The highest BCUT2D eigenvalue weighted by atomic mass is 16.5. The molecule has 0 saturated carbocycles. The zero-order chi connectivity index (χ0) is 13.5. The lowest BCUT2D eigenvalue weighted by Crippen LogP contribution is -2.24. The molecule has 3 N–H and O–H groups in total. The minimum absolute atomic E-state index is 0.0770. The van der Waals surface area contributed by atoms with Gasteiger partial charge in [-0.2, -0.15) is 0 Å². The van der Waals surface area contributed by atoms with Crippen LogP contribution < -0.4 is 15.8 Å². The van der Waals surface area contributed by atoms with Crippen LogP contribution in [0.3, 0.4) is 0 Å². The molecule has 0 aliphatic carbocycles. The van der Waals surface area contributed by atoms with Crippen molar-refractivity contribution >= 4 is 11.6 Å². The predicted molar refractivity (Wildman–Crippen MR) is 71.5 cm³/mol. The predicted octanol–water partition coefficient (Wildman–Crippen LogP) is 1.95. The minimum Gasteiger partial charge on any atom is -0.493 e. The molecule has 2 aromatic rings. The maximum atomic E-state index is 11.5.